The zero-order valence-corrected chi connectivity index (χ0v) is 9.34. The van der Waals surface area contributed by atoms with Gasteiger partial charge >= 0.3 is 0 Å². The molecule has 7 heteroatoms. The van der Waals surface area contributed by atoms with Crippen LogP contribution in [0.1, 0.15) is 17.5 Å². The van der Waals surface area contributed by atoms with Crippen molar-refractivity contribution in [2.24, 2.45) is 0 Å². The molecule has 2 heterocycles. The summed E-state index contributed by atoms with van der Waals surface area (Å²) in [5.41, 5.74) is 0. The van der Waals surface area contributed by atoms with Crippen molar-refractivity contribution in [1.29, 1.82) is 0 Å². The Hall–Kier alpha value is -1.50. The van der Waals surface area contributed by atoms with Gasteiger partial charge in [0.2, 0.25) is 11.0 Å². The first-order valence-corrected chi connectivity index (χ1v) is 5.35. The summed E-state index contributed by atoms with van der Waals surface area (Å²) < 4.78 is 9.04. The summed E-state index contributed by atoms with van der Waals surface area (Å²) in [6.45, 7) is 4.38. The summed E-state index contributed by atoms with van der Waals surface area (Å²) in [4.78, 5) is 8.27. The molecule has 0 aromatic carbocycles. The normalized spacial score (nSPS) is 10.5. The molecule has 0 aliphatic carbocycles. The molecule has 6 nitrogen and oxygen atoms in total. The average molecular weight is 225 g/mol. The van der Waals surface area contributed by atoms with Gasteiger partial charge in [0.05, 0.1) is 0 Å². The van der Waals surface area contributed by atoms with Gasteiger partial charge in [0.1, 0.15) is 5.82 Å². The molecular formula is C8H11N5OS. The van der Waals surface area contributed by atoms with E-state index in [0.29, 0.717) is 18.1 Å². The second-order valence-corrected chi connectivity index (χ2v) is 3.81. The van der Waals surface area contributed by atoms with Gasteiger partial charge in [-0.05, 0) is 13.8 Å². The van der Waals surface area contributed by atoms with Gasteiger partial charge < -0.3 is 9.84 Å². The van der Waals surface area contributed by atoms with Crippen LogP contribution in [-0.2, 0) is 6.42 Å². The van der Waals surface area contributed by atoms with E-state index in [4.69, 9.17) is 4.52 Å². The Morgan fingerprint density at radius 2 is 2.13 bits per heavy atom. The third-order valence-corrected chi connectivity index (χ3v) is 2.48. The van der Waals surface area contributed by atoms with Crippen LogP contribution in [0.5, 0.6) is 0 Å². The van der Waals surface area contributed by atoms with Gasteiger partial charge in [-0.1, -0.05) is 5.16 Å². The van der Waals surface area contributed by atoms with Crippen molar-refractivity contribution in [2.45, 2.75) is 20.3 Å². The molecule has 0 unspecified atom stereocenters. The van der Waals surface area contributed by atoms with Crippen LogP contribution in [-0.4, -0.2) is 26.0 Å². The Labute approximate surface area is 90.9 Å². The van der Waals surface area contributed by atoms with Crippen molar-refractivity contribution < 1.29 is 4.52 Å². The van der Waals surface area contributed by atoms with Crippen molar-refractivity contribution in [3.05, 3.63) is 17.5 Å². The average Bonchev–Trinajstić information content (AvgIpc) is 2.76. The summed E-state index contributed by atoms with van der Waals surface area (Å²) in [5.74, 6) is 2.09. The van der Waals surface area contributed by atoms with Crippen LogP contribution in [0.2, 0.25) is 0 Å². The second kappa shape index (κ2) is 4.35. The topological polar surface area (TPSA) is 76.7 Å². The monoisotopic (exact) mass is 225 g/mol. The van der Waals surface area contributed by atoms with Crippen molar-refractivity contribution in [2.75, 3.05) is 11.9 Å². The van der Waals surface area contributed by atoms with E-state index in [1.165, 1.54) is 11.5 Å². The van der Waals surface area contributed by atoms with E-state index in [1.807, 2.05) is 6.92 Å². The van der Waals surface area contributed by atoms with E-state index in [2.05, 4.69) is 24.8 Å². The second-order valence-electron chi connectivity index (χ2n) is 3.06. The van der Waals surface area contributed by atoms with E-state index in [1.54, 1.807) is 6.92 Å². The third-order valence-electron chi connectivity index (χ3n) is 1.71. The smallest absolute Gasteiger partial charge is 0.228 e. The molecule has 0 bridgehead atoms. The van der Waals surface area contributed by atoms with Crippen molar-refractivity contribution in [3.63, 3.8) is 0 Å². The minimum Gasteiger partial charge on any atom is -0.360 e. The van der Waals surface area contributed by atoms with Gasteiger partial charge in [0, 0.05) is 24.5 Å². The quantitative estimate of drug-likeness (QED) is 0.842. The van der Waals surface area contributed by atoms with Crippen molar-refractivity contribution in [3.8, 4) is 0 Å². The lowest BCUT2D eigenvalue weighted by molar-refractivity contribution is 0.377. The highest BCUT2D eigenvalue weighted by molar-refractivity contribution is 7.09. The van der Waals surface area contributed by atoms with Crippen LogP contribution in [0.4, 0.5) is 5.13 Å². The largest absolute Gasteiger partial charge is 0.360 e. The maximum absolute atomic E-state index is 4.97. The lowest BCUT2D eigenvalue weighted by Gasteiger charge is -1.97. The molecule has 0 aliphatic rings. The summed E-state index contributed by atoms with van der Waals surface area (Å²) in [5, 5.41) is 7.67. The standard InChI is InChI=1S/C8H11N5OS/c1-5-10-7(14-12-5)3-4-9-8-11-6(2)13-15-8/h3-4H2,1-2H3,(H,9,11,13). The molecule has 0 spiro atoms. The number of nitrogens with zero attached hydrogens (tertiary/aromatic N) is 4. The van der Waals surface area contributed by atoms with Crippen molar-refractivity contribution >= 4 is 16.7 Å². The molecule has 80 valence electrons. The van der Waals surface area contributed by atoms with Crippen LogP contribution in [0.3, 0.4) is 0 Å². The zero-order valence-electron chi connectivity index (χ0n) is 8.52. The highest BCUT2D eigenvalue weighted by Crippen LogP contribution is 2.09. The van der Waals surface area contributed by atoms with E-state index < -0.39 is 0 Å². The maximum Gasteiger partial charge on any atom is 0.228 e. The Balaban J connectivity index is 1.80. The summed E-state index contributed by atoms with van der Waals surface area (Å²) in [6, 6.07) is 0. The first-order chi connectivity index (χ1) is 7.24. The van der Waals surface area contributed by atoms with Gasteiger partial charge in [-0.2, -0.15) is 9.36 Å². The predicted molar refractivity (Wildman–Crippen MR) is 55.9 cm³/mol. The lowest BCUT2D eigenvalue weighted by Crippen LogP contribution is -2.04. The third kappa shape index (κ3) is 2.72. The highest BCUT2D eigenvalue weighted by atomic mass is 32.1. The Kier molecular flexibility index (Phi) is 2.91. The Bertz CT molecular complexity index is 397. The van der Waals surface area contributed by atoms with Crippen LogP contribution in [0.15, 0.2) is 4.52 Å². The molecule has 2 aromatic heterocycles. The van der Waals surface area contributed by atoms with Crippen LogP contribution < -0.4 is 5.32 Å². The van der Waals surface area contributed by atoms with E-state index in [0.717, 1.165) is 17.5 Å². The molecule has 0 saturated heterocycles. The van der Waals surface area contributed by atoms with E-state index >= 15 is 0 Å². The summed E-state index contributed by atoms with van der Waals surface area (Å²) >= 11 is 1.35. The molecule has 2 rings (SSSR count). The number of aryl methyl sites for hydroxylation is 2. The fourth-order valence-electron chi connectivity index (χ4n) is 1.09. The summed E-state index contributed by atoms with van der Waals surface area (Å²) in [7, 11) is 0. The molecule has 0 aliphatic heterocycles. The van der Waals surface area contributed by atoms with Gasteiger partial charge in [-0.3, -0.25) is 0 Å². The molecule has 0 radical (unpaired) electrons. The Morgan fingerprint density at radius 1 is 1.27 bits per heavy atom. The fourth-order valence-corrected chi connectivity index (χ4v) is 1.69. The first kappa shape index (κ1) is 10.0. The molecule has 0 fully saturated rings. The van der Waals surface area contributed by atoms with Gasteiger partial charge in [0.25, 0.3) is 0 Å². The summed E-state index contributed by atoms with van der Waals surface area (Å²) in [6.07, 6.45) is 0.694. The van der Waals surface area contributed by atoms with E-state index in [9.17, 15) is 0 Å². The zero-order chi connectivity index (χ0) is 10.7. The minimum absolute atomic E-state index is 0.640. The number of hydrogen-bond donors (Lipinski definition) is 1. The fraction of sp³-hybridized carbons (Fsp3) is 0.500. The number of hydrogen-bond acceptors (Lipinski definition) is 7. The van der Waals surface area contributed by atoms with Gasteiger partial charge in [0.15, 0.2) is 5.82 Å². The number of aromatic nitrogens is 4. The van der Waals surface area contributed by atoms with Crippen molar-refractivity contribution in [1.82, 2.24) is 19.5 Å². The highest BCUT2D eigenvalue weighted by Gasteiger charge is 2.03. The SMILES string of the molecule is Cc1noc(CCNc2nc(C)ns2)n1. The number of rotatable bonds is 4. The number of anilines is 1. The molecular weight excluding hydrogens is 214 g/mol. The van der Waals surface area contributed by atoms with Crippen LogP contribution >= 0.6 is 11.5 Å². The first-order valence-electron chi connectivity index (χ1n) is 4.57. The molecule has 1 N–H and O–H groups in total. The lowest BCUT2D eigenvalue weighted by atomic mass is 10.4. The minimum atomic E-state index is 0.640. The predicted octanol–water partition coefficient (Wildman–Crippen LogP) is 1.19. The molecule has 2 aromatic rings. The van der Waals surface area contributed by atoms with Crippen LogP contribution in [0.25, 0.3) is 0 Å². The van der Waals surface area contributed by atoms with Gasteiger partial charge in [-0.15, -0.1) is 0 Å². The maximum atomic E-state index is 4.97. The van der Waals surface area contributed by atoms with E-state index in [-0.39, 0.29) is 0 Å². The molecule has 15 heavy (non-hydrogen) atoms. The molecule has 0 saturated carbocycles. The Morgan fingerprint density at radius 3 is 2.73 bits per heavy atom. The number of nitrogens with one attached hydrogen (secondary N) is 1. The van der Waals surface area contributed by atoms with Gasteiger partial charge in [-0.25, -0.2) is 4.98 Å². The molecule has 0 atom stereocenters. The van der Waals surface area contributed by atoms with Crippen LogP contribution in [0, 0.1) is 13.8 Å². The molecule has 0 amide bonds.